The maximum atomic E-state index is 15.1. The molecule has 0 atom stereocenters. The lowest BCUT2D eigenvalue weighted by Crippen LogP contribution is -2.33. The summed E-state index contributed by atoms with van der Waals surface area (Å²) in [6, 6.07) is 10.6. The molecule has 2 N–H and O–H groups in total. The van der Waals surface area contributed by atoms with Gasteiger partial charge in [0, 0.05) is 5.02 Å². The first-order chi connectivity index (χ1) is 16.1. The quantitative estimate of drug-likeness (QED) is 0.576. The van der Waals surface area contributed by atoms with Gasteiger partial charge in [0.1, 0.15) is 16.9 Å². The third kappa shape index (κ3) is 3.61. The first kappa shape index (κ1) is 22.1. The fourth-order valence-electron chi connectivity index (χ4n) is 3.65. The number of carbonyl (C=O) groups excluding carboxylic acids is 1. The van der Waals surface area contributed by atoms with Gasteiger partial charge in [0.25, 0.3) is 11.8 Å². The highest BCUT2D eigenvalue weighted by Crippen LogP contribution is 2.47. The maximum Gasteiger partial charge on any atom is 0.275 e. The van der Waals surface area contributed by atoms with Gasteiger partial charge >= 0.3 is 0 Å². The number of nitrogens with zero attached hydrogens (tertiary/aromatic N) is 4. The molecule has 1 amide bonds. The molecule has 2 aromatic carbocycles. The number of fused-ring (bicyclic) bond motifs is 1. The zero-order valence-corrected chi connectivity index (χ0v) is 18.9. The zero-order valence-electron chi connectivity index (χ0n) is 17.3. The smallest absolute Gasteiger partial charge is 0.275 e. The van der Waals surface area contributed by atoms with Gasteiger partial charge in [0.2, 0.25) is 15.7 Å². The molecule has 1 aliphatic heterocycles. The monoisotopic (exact) mass is 499 g/mol. The van der Waals surface area contributed by atoms with Crippen LogP contribution in [-0.2, 0) is 26.6 Å². The fourth-order valence-corrected chi connectivity index (χ4v) is 5.06. The second-order valence-electron chi connectivity index (χ2n) is 8.04. The minimum Gasteiger partial charge on any atom is -0.419 e. The Morgan fingerprint density at radius 1 is 1.24 bits per heavy atom. The van der Waals surface area contributed by atoms with Gasteiger partial charge < -0.3 is 15.1 Å². The van der Waals surface area contributed by atoms with Crippen LogP contribution in [0.4, 0.5) is 10.1 Å². The standard InChI is InChI=1S/C22H15ClFN5O4S/c23-13-3-1-12(2-4-13)9-29-17-7-14(19-27-28-21(33-19)22(11-25)5-6-22)15(24)8-18(17)34(31,32)10-16(26)20(29)30/h1-4,7-8,10H,5-6,9,26H2. The third-order valence-electron chi connectivity index (χ3n) is 5.70. The maximum absolute atomic E-state index is 15.1. The van der Waals surface area contributed by atoms with Crippen molar-refractivity contribution in [1.29, 1.82) is 5.26 Å². The SMILES string of the molecule is N#CC1(c2nnc(-c3cc4c(cc3F)S(=O)(=O)C=C(N)C(=O)N4Cc3ccc(Cl)cc3)o2)CC1. The predicted octanol–water partition coefficient (Wildman–Crippen LogP) is 3.20. The number of amides is 1. The van der Waals surface area contributed by atoms with Crippen molar-refractivity contribution in [2.75, 3.05) is 4.90 Å². The number of nitrogens with two attached hydrogens (primary N) is 1. The Bertz CT molecular complexity index is 1520. The van der Waals surface area contributed by atoms with Crippen molar-refractivity contribution in [2.24, 2.45) is 5.73 Å². The summed E-state index contributed by atoms with van der Waals surface area (Å²) in [4.78, 5) is 13.7. The summed E-state index contributed by atoms with van der Waals surface area (Å²) < 4.78 is 46.4. The number of hydrogen-bond donors (Lipinski definition) is 1. The molecule has 1 saturated carbocycles. The van der Waals surface area contributed by atoms with Crippen LogP contribution in [0.25, 0.3) is 11.5 Å². The van der Waals surface area contributed by atoms with Crippen LogP contribution in [-0.4, -0.2) is 24.5 Å². The van der Waals surface area contributed by atoms with Gasteiger partial charge in [-0.3, -0.25) is 4.79 Å². The molecule has 5 rings (SSSR count). The normalized spacial score (nSPS) is 18.0. The van der Waals surface area contributed by atoms with Crippen molar-refractivity contribution in [1.82, 2.24) is 10.2 Å². The number of aromatic nitrogens is 2. The lowest BCUT2D eigenvalue weighted by Gasteiger charge is -2.23. The molecule has 1 aliphatic carbocycles. The van der Waals surface area contributed by atoms with Crippen molar-refractivity contribution in [3.8, 4) is 17.5 Å². The predicted molar refractivity (Wildman–Crippen MR) is 118 cm³/mol. The number of hydrogen-bond acceptors (Lipinski definition) is 8. The minimum atomic E-state index is -4.25. The van der Waals surface area contributed by atoms with E-state index >= 15 is 4.39 Å². The molecule has 0 saturated heterocycles. The van der Waals surface area contributed by atoms with Crippen molar-refractivity contribution in [3.05, 3.63) is 69.8 Å². The van der Waals surface area contributed by atoms with Crippen molar-refractivity contribution in [3.63, 3.8) is 0 Å². The molecule has 0 bridgehead atoms. The molecular weight excluding hydrogens is 485 g/mol. The second kappa shape index (κ2) is 7.65. The summed E-state index contributed by atoms with van der Waals surface area (Å²) in [5.74, 6) is -1.90. The molecular formula is C22H15ClFN5O4S. The average molecular weight is 500 g/mol. The number of rotatable bonds is 4. The molecule has 9 nitrogen and oxygen atoms in total. The molecule has 2 aliphatic rings. The van der Waals surface area contributed by atoms with Gasteiger partial charge in [-0.2, -0.15) is 5.26 Å². The zero-order chi connectivity index (χ0) is 24.3. The van der Waals surface area contributed by atoms with Crippen molar-refractivity contribution < 1.29 is 22.0 Å². The number of carbonyl (C=O) groups is 1. The van der Waals surface area contributed by atoms with E-state index in [2.05, 4.69) is 16.3 Å². The topological polar surface area (TPSA) is 143 Å². The van der Waals surface area contributed by atoms with Crippen LogP contribution in [0, 0.1) is 17.1 Å². The molecule has 34 heavy (non-hydrogen) atoms. The van der Waals surface area contributed by atoms with E-state index in [4.69, 9.17) is 21.8 Å². The fraction of sp³-hybridized carbons (Fsp3) is 0.182. The number of anilines is 1. The van der Waals surface area contributed by atoms with E-state index < -0.39 is 37.6 Å². The van der Waals surface area contributed by atoms with E-state index in [1.807, 2.05) is 0 Å². The second-order valence-corrected chi connectivity index (χ2v) is 10.2. The van der Waals surface area contributed by atoms with Gasteiger partial charge in [-0.05, 0) is 42.7 Å². The average Bonchev–Trinajstić information content (AvgIpc) is 3.46. The molecule has 3 aromatic rings. The molecule has 172 valence electrons. The first-order valence-electron chi connectivity index (χ1n) is 10.0. The molecule has 0 radical (unpaired) electrons. The van der Waals surface area contributed by atoms with Crippen LogP contribution in [0.3, 0.4) is 0 Å². The highest BCUT2D eigenvalue weighted by atomic mass is 35.5. The summed E-state index contributed by atoms with van der Waals surface area (Å²) in [5.41, 5.74) is 4.68. The molecule has 1 aromatic heterocycles. The molecule has 12 heteroatoms. The van der Waals surface area contributed by atoms with E-state index in [1.165, 1.54) is 0 Å². The Morgan fingerprint density at radius 2 is 1.94 bits per heavy atom. The highest BCUT2D eigenvalue weighted by molar-refractivity contribution is 7.94. The number of benzene rings is 2. The molecule has 1 fully saturated rings. The highest BCUT2D eigenvalue weighted by Gasteiger charge is 2.50. The first-order valence-corrected chi connectivity index (χ1v) is 11.9. The Balaban J connectivity index is 1.66. The van der Waals surface area contributed by atoms with Crippen LogP contribution in [0.2, 0.25) is 5.02 Å². The van der Waals surface area contributed by atoms with E-state index in [0.29, 0.717) is 28.8 Å². The number of halogens is 2. The van der Waals surface area contributed by atoms with Crippen LogP contribution >= 0.6 is 11.6 Å². The van der Waals surface area contributed by atoms with Crippen LogP contribution in [0.15, 0.2) is 56.8 Å². The van der Waals surface area contributed by atoms with E-state index in [0.717, 1.165) is 17.0 Å². The number of nitriles is 1. The largest absolute Gasteiger partial charge is 0.419 e. The van der Waals surface area contributed by atoms with E-state index in [9.17, 15) is 18.5 Å². The Morgan fingerprint density at radius 3 is 2.59 bits per heavy atom. The van der Waals surface area contributed by atoms with Crippen LogP contribution < -0.4 is 10.6 Å². The van der Waals surface area contributed by atoms with E-state index in [-0.39, 0.29) is 29.6 Å². The summed E-state index contributed by atoms with van der Waals surface area (Å²) in [6.07, 6.45) is 1.09. The number of sulfone groups is 1. The van der Waals surface area contributed by atoms with Gasteiger partial charge in [0.05, 0.1) is 34.2 Å². The van der Waals surface area contributed by atoms with E-state index in [1.54, 1.807) is 24.3 Å². The summed E-state index contributed by atoms with van der Waals surface area (Å²) in [6.45, 7) is -0.0647. The van der Waals surface area contributed by atoms with Crippen LogP contribution in [0.1, 0.15) is 24.3 Å². The van der Waals surface area contributed by atoms with Gasteiger partial charge in [-0.15, -0.1) is 10.2 Å². The summed E-state index contributed by atoms with van der Waals surface area (Å²) in [7, 11) is -4.25. The van der Waals surface area contributed by atoms with Gasteiger partial charge in [-0.1, -0.05) is 23.7 Å². The Hall–Kier alpha value is -3.75. The van der Waals surface area contributed by atoms with Crippen molar-refractivity contribution in [2.45, 2.75) is 29.7 Å². The lowest BCUT2D eigenvalue weighted by atomic mass is 10.1. The molecule has 0 unspecified atom stereocenters. The minimum absolute atomic E-state index is 0.0620. The Labute approximate surface area is 198 Å². The molecule has 0 spiro atoms. The van der Waals surface area contributed by atoms with Crippen LogP contribution in [0.5, 0.6) is 0 Å². The summed E-state index contributed by atoms with van der Waals surface area (Å²) in [5, 5.41) is 18.2. The van der Waals surface area contributed by atoms with Gasteiger partial charge in [0.15, 0.2) is 0 Å². The summed E-state index contributed by atoms with van der Waals surface area (Å²) >= 11 is 5.93. The van der Waals surface area contributed by atoms with Gasteiger partial charge in [-0.25, -0.2) is 12.8 Å². The Kier molecular flexibility index (Phi) is 4.96. The molecule has 2 heterocycles. The lowest BCUT2D eigenvalue weighted by molar-refractivity contribution is -0.115. The van der Waals surface area contributed by atoms with Crippen molar-refractivity contribution >= 4 is 33.0 Å². The third-order valence-corrected chi connectivity index (χ3v) is 7.46.